The summed E-state index contributed by atoms with van der Waals surface area (Å²) in [7, 11) is -3.26. The fourth-order valence-corrected chi connectivity index (χ4v) is 4.43. The monoisotopic (exact) mass is 354 g/mol. The number of aryl methyl sites for hydroxylation is 1. The van der Waals surface area contributed by atoms with Crippen molar-refractivity contribution in [3.8, 4) is 0 Å². The van der Waals surface area contributed by atoms with Crippen LogP contribution in [0.5, 0.6) is 0 Å². The van der Waals surface area contributed by atoms with Gasteiger partial charge in [0.15, 0.2) is 0 Å². The van der Waals surface area contributed by atoms with Gasteiger partial charge in [-0.05, 0) is 19.3 Å². The molecule has 8 nitrogen and oxygen atoms in total. The topological polar surface area (TPSA) is 101 Å². The first kappa shape index (κ1) is 17.1. The van der Waals surface area contributed by atoms with Gasteiger partial charge in [0, 0.05) is 37.8 Å². The van der Waals surface area contributed by atoms with Gasteiger partial charge in [-0.2, -0.15) is 4.98 Å². The van der Waals surface area contributed by atoms with E-state index >= 15 is 0 Å². The molecule has 1 atom stereocenters. The first-order valence-electron chi connectivity index (χ1n) is 8.12. The molecule has 1 aromatic rings. The molecule has 1 spiro atoms. The van der Waals surface area contributed by atoms with E-state index in [9.17, 15) is 18.0 Å². The largest absolute Gasteiger partial charge is 0.352 e. The Morgan fingerprint density at radius 2 is 2.08 bits per heavy atom. The first-order valence-corrected chi connectivity index (χ1v) is 9.97. The molecule has 1 amide bonds. The normalized spacial score (nSPS) is 23.6. The van der Waals surface area contributed by atoms with Crippen LogP contribution in [0.15, 0.2) is 11.0 Å². The molecule has 0 aliphatic carbocycles. The van der Waals surface area contributed by atoms with Crippen LogP contribution in [0.3, 0.4) is 0 Å². The van der Waals surface area contributed by atoms with E-state index < -0.39 is 26.9 Å². The molecule has 0 radical (unpaired) electrons. The number of nitrogens with one attached hydrogen (secondary N) is 1. The lowest BCUT2D eigenvalue weighted by Gasteiger charge is -2.22. The van der Waals surface area contributed by atoms with Gasteiger partial charge in [-0.1, -0.05) is 6.92 Å². The molecule has 2 aliphatic heterocycles. The molecule has 3 rings (SSSR count). The molecule has 0 saturated carbocycles. The standard InChI is InChI=1S/C15H22N4O4S/c1-3-6-16-12(20)11-9-18-7-4-15(14(18)17-13(11)21)5-8-19(10-15)24(2,22)23/h9H,3-8,10H2,1-2H3,(H,16,20). The smallest absolute Gasteiger partial charge is 0.285 e. The SMILES string of the molecule is CCCNC(=O)c1cn2c(nc1=O)C1(CCN(S(C)(=O)=O)C1)CC2. The molecule has 1 fully saturated rings. The minimum absolute atomic E-state index is 0.0437. The van der Waals surface area contributed by atoms with Crippen LogP contribution in [0.4, 0.5) is 0 Å². The van der Waals surface area contributed by atoms with E-state index in [2.05, 4.69) is 10.3 Å². The number of aromatic nitrogens is 2. The van der Waals surface area contributed by atoms with E-state index in [0.29, 0.717) is 38.4 Å². The summed E-state index contributed by atoms with van der Waals surface area (Å²) in [6.07, 6.45) is 4.92. The van der Waals surface area contributed by atoms with Gasteiger partial charge in [-0.25, -0.2) is 12.7 Å². The van der Waals surface area contributed by atoms with Gasteiger partial charge in [0.25, 0.3) is 11.5 Å². The second-order valence-corrected chi connectivity index (χ2v) is 8.59. The number of sulfonamides is 1. The number of nitrogens with zero attached hydrogens (tertiary/aromatic N) is 3. The molecular formula is C15H22N4O4S. The Hall–Kier alpha value is -1.74. The number of carbonyl (C=O) groups is 1. The predicted molar refractivity (Wildman–Crippen MR) is 88.5 cm³/mol. The Bertz CT molecular complexity index is 832. The van der Waals surface area contributed by atoms with E-state index in [0.717, 1.165) is 12.8 Å². The maximum Gasteiger partial charge on any atom is 0.285 e. The molecule has 2 aliphatic rings. The van der Waals surface area contributed by atoms with Crippen molar-refractivity contribution in [2.75, 3.05) is 25.9 Å². The third-order valence-electron chi connectivity index (χ3n) is 4.87. The molecule has 0 bridgehead atoms. The number of hydrogen-bond acceptors (Lipinski definition) is 5. The Balaban J connectivity index is 1.92. The van der Waals surface area contributed by atoms with Crippen LogP contribution in [0, 0.1) is 0 Å². The zero-order valence-electron chi connectivity index (χ0n) is 13.9. The van der Waals surface area contributed by atoms with Gasteiger partial charge in [0.05, 0.1) is 6.26 Å². The van der Waals surface area contributed by atoms with Gasteiger partial charge in [-0.15, -0.1) is 0 Å². The maximum atomic E-state index is 12.3. The van der Waals surface area contributed by atoms with Crippen LogP contribution in [0.2, 0.25) is 0 Å². The Morgan fingerprint density at radius 1 is 1.38 bits per heavy atom. The average molecular weight is 354 g/mol. The highest BCUT2D eigenvalue weighted by atomic mass is 32.2. The van der Waals surface area contributed by atoms with E-state index in [1.807, 2.05) is 11.5 Å². The van der Waals surface area contributed by atoms with Gasteiger partial charge >= 0.3 is 0 Å². The van der Waals surface area contributed by atoms with Crippen molar-refractivity contribution in [3.05, 3.63) is 27.9 Å². The number of rotatable bonds is 4. The molecular weight excluding hydrogens is 332 g/mol. The third-order valence-corrected chi connectivity index (χ3v) is 6.12. The fraction of sp³-hybridized carbons (Fsp3) is 0.667. The summed E-state index contributed by atoms with van der Waals surface area (Å²) in [5.41, 5.74) is -0.920. The molecule has 24 heavy (non-hydrogen) atoms. The Kier molecular flexibility index (Phi) is 4.25. The maximum absolute atomic E-state index is 12.3. The van der Waals surface area contributed by atoms with E-state index in [1.165, 1.54) is 10.6 Å². The van der Waals surface area contributed by atoms with Gasteiger partial charge in [-0.3, -0.25) is 9.59 Å². The first-order chi connectivity index (χ1) is 11.3. The van der Waals surface area contributed by atoms with Crippen LogP contribution in [0.25, 0.3) is 0 Å². The van der Waals surface area contributed by atoms with Crippen LogP contribution < -0.4 is 10.9 Å². The minimum Gasteiger partial charge on any atom is -0.352 e. The van der Waals surface area contributed by atoms with E-state index in [-0.39, 0.29) is 5.56 Å². The highest BCUT2D eigenvalue weighted by Crippen LogP contribution is 2.41. The van der Waals surface area contributed by atoms with Gasteiger partial charge in [0.1, 0.15) is 11.4 Å². The van der Waals surface area contributed by atoms with Crippen molar-refractivity contribution in [1.29, 1.82) is 0 Å². The van der Waals surface area contributed by atoms with Crippen molar-refractivity contribution in [2.24, 2.45) is 0 Å². The van der Waals surface area contributed by atoms with E-state index in [4.69, 9.17) is 0 Å². The second-order valence-electron chi connectivity index (χ2n) is 6.61. The van der Waals surface area contributed by atoms with Crippen LogP contribution in [-0.4, -0.2) is 54.1 Å². The number of carbonyl (C=O) groups excluding carboxylic acids is 1. The summed E-state index contributed by atoms with van der Waals surface area (Å²) in [6, 6.07) is 0. The minimum atomic E-state index is -3.26. The molecule has 9 heteroatoms. The van der Waals surface area contributed by atoms with Crippen molar-refractivity contribution in [1.82, 2.24) is 19.2 Å². The average Bonchev–Trinajstić information content (AvgIpc) is 3.10. The summed E-state index contributed by atoms with van der Waals surface area (Å²) >= 11 is 0. The van der Waals surface area contributed by atoms with Crippen LogP contribution >= 0.6 is 0 Å². The lowest BCUT2D eigenvalue weighted by atomic mass is 9.85. The van der Waals surface area contributed by atoms with Crippen LogP contribution in [0.1, 0.15) is 42.4 Å². The fourth-order valence-electron chi connectivity index (χ4n) is 3.53. The quantitative estimate of drug-likeness (QED) is 0.799. The molecule has 1 aromatic heterocycles. The zero-order valence-corrected chi connectivity index (χ0v) is 14.7. The third kappa shape index (κ3) is 2.86. The number of hydrogen-bond donors (Lipinski definition) is 1. The van der Waals surface area contributed by atoms with Crippen molar-refractivity contribution in [2.45, 2.75) is 38.1 Å². The van der Waals surface area contributed by atoms with Gasteiger partial charge < -0.3 is 9.88 Å². The summed E-state index contributed by atoms with van der Waals surface area (Å²) in [5.74, 6) is 0.195. The summed E-state index contributed by atoms with van der Waals surface area (Å²) in [4.78, 5) is 28.5. The number of amides is 1. The molecule has 1 unspecified atom stereocenters. The lowest BCUT2D eigenvalue weighted by molar-refractivity contribution is 0.0951. The molecule has 0 aromatic carbocycles. The van der Waals surface area contributed by atoms with Crippen molar-refractivity contribution < 1.29 is 13.2 Å². The Morgan fingerprint density at radius 3 is 2.71 bits per heavy atom. The summed E-state index contributed by atoms with van der Waals surface area (Å²) < 4.78 is 26.8. The van der Waals surface area contributed by atoms with Gasteiger partial charge in [0.2, 0.25) is 10.0 Å². The highest BCUT2D eigenvalue weighted by molar-refractivity contribution is 7.88. The lowest BCUT2D eigenvalue weighted by Crippen LogP contribution is -2.36. The molecule has 3 heterocycles. The predicted octanol–water partition coefficient (Wildman–Crippen LogP) is -0.310. The van der Waals surface area contributed by atoms with Crippen molar-refractivity contribution in [3.63, 3.8) is 0 Å². The molecule has 1 saturated heterocycles. The van der Waals surface area contributed by atoms with Crippen LogP contribution in [-0.2, 0) is 22.0 Å². The molecule has 132 valence electrons. The summed E-state index contributed by atoms with van der Waals surface area (Å²) in [5, 5.41) is 2.69. The van der Waals surface area contributed by atoms with Crippen molar-refractivity contribution >= 4 is 15.9 Å². The zero-order chi connectivity index (χ0) is 17.5. The summed E-state index contributed by atoms with van der Waals surface area (Å²) in [6.45, 7) is 3.86. The Labute approximate surface area is 140 Å². The number of fused-ring (bicyclic) bond motifs is 2. The molecule has 1 N–H and O–H groups in total. The second kappa shape index (κ2) is 5.96. The highest BCUT2D eigenvalue weighted by Gasteiger charge is 2.48. The van der Waals surface area contributed by atoms with E-state index in [1.54, 1.807) is 6.20 Å².